The Morgan fingerprint density at radius 2 is 2.33 bits per heavy atom. The van der Waals surface area contributed by atoms with Gasteiger partial charge in [-0.15, -0.1) is 11.3 Å². The van der Waals surface area contributed by atoms with Crippen molar-refractivity contribution in [1.82, 2.24) is 4.98 Å². The number of nitrogens with one attached hydrogen (secondary N) is 2. The van der Waals surface area contributed by atoms with Crippen LogP contribution in [0.15, 0.2) is 24.3 Å². The van der Waals surface area contributed by atoms with Gasteiger partial charge in [-0.3, -0.25) is 4.79 Å². The molecular weight excluding hydrogens is 288 g/mol. The summed E-state index contributed by atoms with van der Waals surface area (Å²) in [5, 5.41) is 3.40. The molecule has 1 heterocycles. The van der Waals surface area contributed by atoms with E-state index in [0.717, 1.165) is 10.6 Å². The van der Waals surface area contributed by atoms with E-state index in [1.54, 1.807) is 24.3 Å². The van der Waals surface area contributed by atoms with Gasteiger partial charge < -0.3 is 10.3 Å². The third-order valence-electron chi connectivity index (χ3n) is 2.35. The van der Waals surface area contributed by atoms with Crippen LogP contribution in [-0.2, 0) is 11.2 Å². The molecule has 1 amide bonds. The molecule has 0 aliphatic heterocycles. The first kappa shape index (κ1) is 13.3. The molecule has 0 saturated heterocycles. The topological polar surface area (TPSA) is 44.9 Å². The van der Waals surface area contributed by atoms with Crippen molar-refractivity contribution in [3.05, 3.63) is 43.8 Å². The maximum Gasteiger partial charge on any atom is 0.229 e. The first-order chi connectivity index (χ1) is 8.54. The van der Waals surface area contributed by atoms with E-state index in [2.05, 4.69) is 10.3 Å². The van der Waals surface area contributed by atoms with Gasteiger partial charge in [0.25, 0.3) is 0 Å². The van der Waals surface area contributed by atoms with Crippen molar-refractivity contribution in [3.8, 4) is 0 Å². The Labute approximate surface area is 119 Å². The maximum absolute atomic E-state index is 11.9. The molecule has 2 N–H and O–H groups in total. The van der Waals surface area contributed by atoms with Gasteiger partial charge in [0, 0.05) is 21.3 Å². The third-order valence-corrected chi connectivity index (χ3v) is 3.92. The summed E-state index contributed by atoms with van der Waals surface area (Å²) >= 11 is 12.3. The number of thiazole rings is 1. The van der Waals surface area contributed by atoms with Crippen LogP contribution in [0.1, 0.15) is 10.6 Å². The molecule has 0 fully saturated rings. The minimum absolute atomic E-state index is 0.0781. The zero-order valence-corrected chi connectivity index (χ0v) is 12.0. The predicted molar refractivity (Wildman–Crippen MR) is 78.0 cm³/mol. The average molecular weight is 299 g/mol. The van der Waals surface area contributed by atoms with E-state index in [1.807, 2.05) is 6.92 Å². The molecule has 1 aromatic heterocycles. The Kier molecular flexibility index (Phi) is 4.16. The lowest BCUT2D eigenvalue weighted by molar-refractivity contribution is -0.115. The Balaban J connectivity index is 2.05. The summed E-state index contributed by atoms with van der Waals surface area (Å²) in [5.74, 6) is -0.0781. The standard InChI is InChI=1S/C12H11ClN2OS2/c1-7-10(18-12(17)14-7)6-11(16)15-9-4-2-3-8(13)5-9/h2-5H,6H2,1H3,(H,14,17)(H,15,16). The fraction of sp³-hybridized carbons (Fsp3) is 0.167. The Hall–Kier alpha value is -1.17. The largest absolute Gasteiger partial charge is 0.341 e. The molecule has 3 nitrogen and oxygen atoms in total. The second-order valence-electron chi connectivity index (χ2n) is 3.80. The first-order valence-corrected chi connectivity index (χ1v) is 6.89. The van der Waals surface area contributed by atoms with Crippen LogP contribution in [0, 0.1) is 10.9 Å². The van der Waals surface area contributed by atoms with Crippen molar-refractivity contribution >= 4 is 46.8 Å². The highest BCUT2D eigenvalue weighted by Crippen LogP contribution is 2.18. The lowest BCUT2D eigenvalue weighted by Crippen LogP contribution is -2.14. The number of hydrogen-bond donors (Lipinski definition) is 2. The van der Waals surface area contributed by atoms with E-state index in [0.29, 0.717) is 21.1 Å². The van der Waals surface area contributed by atoms with Crippen LogP contribution in [-0.4, -0.2) is 10.9 Å². The summed E-state index contributed by atoms with van der Waals surface area (Å²) in [7, 11) is 0. The second kappa shape index (κ2) is 5.65. The number of hydrogen-bond acceptors (Lipinski definition) is 3. The van der Waals surface area contributed by atoms with Crippen LogP contribution in [0.25, 0.3) is 0 Å². The molecule has 2 rings (SSSR count). The number of aromatic amines is 1. The quantitative estimate of drug-likeness (QED) is 0.843. The van der Waals surface area contributed by atoms with Crippen molar-refractivity contribution in [1.29, 1.82) is 0 Å². The van der Waals surface area contributed by atoms with E-state index in [-0.39, 0.29) is 5.91 Å². The van der Waals surface area contributed by atoms with E-state index >= 15 is 0 Å². The van der Waals surface area contributed by atoms with Crippen molar-refractivity contribution in [3.63, 3.8) is 0 Å². The highest BCUT2D eigenvalue weighted by Gasteiger charge is 2.09. The highest BCUT2D eigenvalue weighted by atomic mass is 35.5. The fourth-order valence-corrected chi connectivity index (χ4v) is 3.00. The van der Waals surface area contributed by atoms with Crippen molar-refractivity contribution < 1.29 is 4.79 Å². The molecule has 18 heavy (non-hydrogen) atoms. The Morgan fingerprint density at radius 1 is 1.56 bits per heavy atom. The number of benzene rings is 1. The van der Waals surface area contributed by atoms with Crippen LogP contribution in [0.3, 0.4) is 0 Å². The maximum atomic E-state index is 11.9. The summed E-state index contributed by atoms with van der Waals surface area (Å²) in [6.45, 7) is 1.91. The number of anilines is 1. The molecule has 0 atom stereocenters. The molecular formula is C12H11ClN2OS2. The van der Waals surface area contributed by atoms with Gasteiger partial charge in [0.1, 0.15) is 0 Å². The van der Waals surface area contributed by atoms with Crippen LogP contribution >= 0.6 is 35.2 Å². The van der Waals surface area contributed by atoms with Gasteiger partial charge in [-0.2, -0.15) is 0 Å². The van der Waals surface area contributed by atoms with Gasteiger partial charge >= 0.3 is 0 Å². The highest BCUT2D eigenvalue weighted by molar-refractivity contribution is 7.73. The Morgan fingerprint density at radius 3 is 2.94 bits per heavy atom. The van der Waals surface area contributed by atoms with Gasteiger partial charge in [0.2, 0.25) is 5.91 Å². The van der Waals surface area contributed by atoms with Gasteiger partial charge in [0.05, 0.1) is 6.42 Å². The SMILES string of the molecule is Cc1[nH]c(=S)sc1CC(=O)Nc1cccc(Cl)c1. The lowest BCUT2D eigenvalue weighted by Gasteiger charge is -2.04. The van der Waals surface area contributed by atoms with Gasteiger partial charge in [-0.25, -0.2) is 0 Å². The summed E-state index contributed by atoms with van der Waals surface area (Å²) in [5.41, 5.74) is 1.65. The summed E-state index contributed by atoms with van der Waals surface area (Å²) in [6, 6.07) is 7.07. The number of aryl methyl sites for hydroxylation is 1. The summed E-state index contributed by atoms with van der Waals surface area (Å²) in [4.78, 5) is 15.8. The fourth-order valence-electron chi connectivity index (χ4n) is 1.52. The van der Waals surface area contributed by atoms with Crippen molar-refractivity contribution in [2.75, 3.05) is 5.32 Å². The number of amides is 1. The third kappa shape index (κ3) is 3.41. The molecule has 0 unspecified atom stereocenters. The van der Waals surface area contributed by atoms with E-state index < -0.39 is 0 Å². The lowest BCUT2D eigenvalue weighted by atomic mass is 10.2. The summed E-state index contributed by atoms with van der Waals surface area (Å²) in [6.07, 6.45) is 0.316. The minimum Gasteiger partial charge on any atom is -0.341 e. The van der Waals surface area contributed by atoms with Crippen molar-refractivity contribution in [2.45, 2.75) is 13.3 Å². The zero-order chi connectivity index (χ0) is 13.1. The van der Waals surface area contributed by atoms with Crippen molar-refractivity contribution in [2.24, 2.45) is 0 Å². The molecule has 2 aromatic rings. The molecule has 0 spiro atoms. The summed E-state index contributed by atoms with van der Waals surface area (Å²) < 4.78 is 0.693. The molecule has 0 radical (unpaired) electrons. The van der Waals surface area contributed by atoms with E-state index in [4.69, 9.17) is 23.8 Å². The number of H-pyrrole nitrogens is 1. The van der Waals surface area contributed by atoms with Crippen LogP contribution in [0.4, 0.5) is 5.69 Å². The average Bonchev–Trinajstić information content (AvgIpc) is 2.57. The number of carbonyl (C=O) groups excluding carboxylic acids is 1. The molecule has 94 valence electrons. The van der Waals surface area contributed by atoms with Crippen LogP contribution < -0.4 is 5.32 Å². The van der Waals surface area contributed by atoms with E-state index in [9.17, 15) is 4.79 Å². The van der Waals surface area contributed by atoms with Crippen LogP contribution in [0.5, 0.6) is 0 Å². The molecule has 6 heteroatoms. The van der Waals surface area contributed by atoms with E-state index in [1.165, 1.54) is 11.3 Å². The first-order valence-electron chi connectivity index (χ1n) is 5.28. The molecule has 0 saturated carbocycles. The van der Waals surface area contributed by atoms with Gasteiger partial charge in [0.15, 0.2) is 3.95 Å². The van der Waals surface area contributed by atoms with Gasteiger partial charge in [-0.1, -0.05) is 17.7 Å². The molecule has 0 aliphatic carbocycles. The van der Waals surface area contributed by atoms with Crippen LogP contribution in [0.2, 0.25) is 5.02 Å². The number of rotatable bonds is 3. The normalized spacial score (nSPS) is 10.3. The second-order valence-corrected chi connectivity index (χ2v) is 6.01. The number of aromatic nitrogens is 1. The zero-order valence-electron chi connectivity index (χ0n) is 9.62. The predicted octanol–water partition coefficient (Wildman–Crippen LogP) is 3.95. The monoisotopic (exact) mass is 298 g/mol. The Bertz CT molecular complexity index is 633. The molecule has 1 aromatic carbocycles. The smallest absolute Gasteiger partial charge is 0.229 e. The molecule has 0 bridgehead atoms. The number of halogens is 1. The van der Waals surface area contributed by atoms with Gasteiger partial charge in [-0.05, 0) is 37.3 Å². The minimum atomic E-state index is -0.0781. The number of carbonyl (C=O) groups is 1. The molecule has 0 aliphatic rings.